The molecule has 2 N–H and O–H groups in total. The minimum atomic E-state index is -0.0903. The maximum Gasteiger partial charge on any atom is 0.165 e. The van der Waals surface area contributed by atoms with Gasteiger partial charge in [-0.05, 0) is 31.4 Å². The summed E-state index contributed by atoms with van der Waals surface area (Å²) in [5, 5.41) is 20.6. The average Bonchev–Trinajstić information content (AvgIpc) is 3.21. The Labute approximate surface area is 175 Å². The first-order valence-corrected chi connectivity index (χ1v) is 11.7. The van der Waals surface area contributed by atoms with E-state index in [0.29, 0.717) is 17.5 Å². The third-order valence-corrected chi connectivity index (χ3v) is 5.74. The minimum Gasteiger partial charge on any atom is -0.393 e. The fraction of sp³-hybridized carbons (Fsp3) is 0.708. The number of hydrogen-bond acceptors (Lipinski definition) is 4. The van der Waals surface area contributed by atoms with Crippen molar-refractivity contribution in [2.24, 2.45) is 0 Å². The summed E-state index contributed by atoms with van der Waals surface area (Å²) in [4.78, 5) is 12.4. The molecule has 0 aliphatic heterocycles. The van der Waals surface area contributed by atoms with Crippen molar-refractivity contribution in [3.63, 3.8) is 0 Å². The highest BCUT2D eigenvalue weighted by Gasteiger charge is 2.12. The summed E-state index contributed by atoms with van der Waals surface area (Å²) >= 11 is 0. The Balaban J connectivity index is 1.43. The second kappa shape index (κ2) is 14.3. The van der Waals surface area contributed by atoms with E-state index in [1.165, 1.54) is 57.8 Å². The number of fused-ring (bicyclic) bond motifs is 1. The summed E-state index contributed by atoms with van der Waals surface area (Å²) in [5.74, 6) is 0.165. The lowest BCUT2D eigenvalue weighted by molar-refractivity contribution is 0.0980. The number of Topliss-reactive ketones (excluding diaryl/α,β-unsaturated/α-hetero) is 1. The molecule has 0 fully saturated rings. The van der Waals surface area contributed by atoms with Gasteiger partial charge >= 0.3 is 0 Å². The highest BCUT2D eigenvalue weighted by molar-refractivity contribution is 6.05. The van der Waals surface area contributed by atoms with Gasteiger partial charge in [0.25, 0.3) is 0 Å². The molecule has 1 unspecified atom stereocenters. The molecule has 5 heteroatoms. The Morgan fingerprint density at radius 1 is 0.931 bits per heavy atom. The standard InChI is InChI=1S/C24H39N3O2/c1-2-3-4-11-15-20(28)16-12-9-7-5-6-8-10-13-19-23(29)21-17-14-18-22-24(21)26-27-25-22/h14,17-18,20,28H,2-13,15-16,19H2,1H3,(H,25,26,27). The molecule has 5 nitrogen and oxygen atoms in total. The highest BCUT2D eigenvalue weighted by Crippen LogP contribution is 2.18. The molecule has 0 amide bonds. The summed E-state index contributed by atoms with van der Waals surface area (Å²) in [6, 6.07) is 5.61. The Morgan fingerprint density at radius 2 is 1.55 bits per heavy atom. The molecule has 2 rings (SSSR count). The normalized spacial score (nSPS) is 12.5. The summed E-state index contributed by atoms with van der Waals surface area (Å²) in [6.07, 6.45) is 16.8. The van der Waals surface area contributed by atoms with Crippen LogP contribution in [0.4, 0.5) is 0 Å². The van der Waals surface area contributed by atoms with Crippen LogP contribution >= 0.6 is 0 Å². The Bertz CT molecular complexity index is 698. The number of unbranched alkanes of at least 4 members (excludes halogenated alkanes) is 10. The molecule has 1 aromatic heterocycles. The largest absolute Gasteiger partial charge is 0.393 e. The number of hydrogen-bond donors (Lipinski definition) is 2. The number of nitrogens with one attached hydrogen (secondary N) is 1. The van der Waals surface area contributed by atoms with Gasteiger partial charge in [-0.1, -0.05) is 88.8 Å². The quantitative estimate of drug-likeness (QED) is 0.238. The minimum absolute atomic E-state index is 0.0903. The van der Waals surface area contributed by atoms with Gasteiger partial charge in [-0.15, -0.1) is 5.10 Å². The smallest absolute Gasteiger partial charge is 0.165 e. The van der Waals surface area contributed by atoms with Crippen LogP contribution in [-0.4, -0.2) is 32.4 Å². The van der Waals surface area contributed by atoms with Gasteiger partial charge in [0.05, 0.1) is 11.6 Å². The second-order valence-corrected chi connectivity index (χ2v) is 8.31. The Morgan fingerprint density at radius 3 is 2.24 bits per heavy atom. The van der Waals surface area contributed by atoms with Crippen molar-refractivity contribution in [1.82, 2.24) is 15.4 Å². The fourth-order valence-electron chi connectivity index (χ4n) is 3.91. The molecule has 0 aliphatic rings. The number of aliphatic hydroxyl groups excluding tert-OH is 1. The molecule has 2 aromatic rings. The lowest BCUT2D eigenvalue weighted by Gasteiger charge is -2.10. The molecule has 0 bridgehead atoms. The van der Waals surface area contributed by atoms with Crippen LogP contribution in [0.1, 0.15) is 114 Å². The van der Waals surface area contributed by atoms with Crippen LogP contribution in [0.15, 0.2) is 18.2 Å². The van der Waals surface area contributed by atoms with Gasteiger partial charge < -0.3 is 5.11 Å². The first-order chi connectivity index (χ1) is 14.2. The number of carbonyl (C=O) groups excluding carboxylic acids is 1. The lowest BCUT2D eigenvalue weighted by Crippen LogP contribution is -2.05. The fourth-order valence-corrected chi connectivity index (χ4v) is 3.91. The maximum atomic E-state index is 12.4. The number of nitrogens with zero attached hydrogens (tertiary/aromatic N) is 2. The Hall–Kier alpha value is -1.75. The van der Waals surface area contributed by atoms with Gasteiger partial charge in [0.1, 0.15) is 5.52 Å². The van der Waals surface area contributed by atoms with E-state index in [4.69, 9.17) is 0 Å². The van der Waals surface area contributed by atoms with Crippen molar-refractivity contribution < 1.29 is 9.90 Å². The molecule has 162 valence electrons. The lowest BCUT2D eigenvalue weighted by atomic mass is 10.0. The molecule has 29 heavy (non-hydrogen) atoms. The van der Waals surface area contributed by atoms with Crippen LogP contribution in [0.25, 0.3) is 11.0 Å². The number of aromatic amines is 1. The van der Waals surface area contributed by atoms with E-state index in [-0.39, 0.29) is 11.9 Å². The highest BCUT2D eigenvalue weighted by atomic mass is 16.3. The number of aromatic nitrogens is 3. The van der Waals surface area contributed by atoms with E-state index in [1.54, 1.807) is 0 Å². The molecule has 1 atom stereocenters. The summed E-state index contributed by atoms with van der Waals surface area (Å²) in [7, 11) is 0. The number of benzene rings is 1. The monoisotopic (exact) mass is 401 g/mol. The van der Waals surface area contributed by atoms with Gasteiger partial charge in [-0.2, -0.15) is 0 Å². The molecule has 1 aromatic carbocycles. The average molecular weight is 402 g/mol. The molecule has 0 saturated carbocycles. The first-order valence-electron chi connectivity index (χ1n) is 11.7. The number of rotatable bonds is 17. The van der Waals surface area contributed by atoms with E-state index >= 15 is 0 Å². The molecule has 0 aliphatic carbocycles. The van der Waals surface area contributed by atoms with Crippen molar-refractivity contribution >= 4 is 16.8 Å². The molecule has 0 radical (unpaired) electrons. The zero-order valence-electron chi connectivity index (χ0n) is 18.2. The number of carbonyl (C=O) groups is 1. The predicted molar refractivity (Wildman–Crippen MR) is 119 cm³/mol. The van der Waals surface area contributed by atoms with E-state index in [2.05, 4.69) is 22.3 Å². The van der Waals surface area contributed by atoms with Gasteiger partial charge in [0, 0.05) is 12.0 Å². The molecule has 0 spiro atoms. The van der Waals surface area contributed by atoms with Crippen LogP contribution < -0.4 is 0 Å². The van der Waals surface area contributed by atoms with Crippen LogP contribution in [0, 0.1) is 0 Å². The van der Waals surface area contributed by atoms with Crippen molar-refractivity contribution in [3.8, 4) is 0 Å². The number of H-pyrrole nitrogens is 1. The van der Waals surface area contributed by atoms with Crippen LogP contribution in [0.3, 0.4) is 0 Å². The molecular formula is C24H39N3O2. The van der Waals surface area contributed by atoms with Crippen molar-refractivity contribution in [2.75, 3.05) is 0 Å². The van der Waals surface area contributed by atoms with E-state index in [1.807, 2.05) is 18.2 Å². The van der Waals surface area contributed by atoms with Gasteiger partial charge in [0.2, 0.25) is 0 Å². The Kier molecular flexibility index (Phi) is 11.6. The molecule has 0 saturated heterocycles. The number of aliphatic hydroxyl groups is 1. The van der Waals surface area contributed by atoms with Crippen molar-refractivity contribution in [2.45, 2.75) is 109 Å². The first kappa shape index (κ1) is 23.5. The van der Waals surface area contributed by atoms with Gasteiger partial charge in [0.15, 0.2) is 5.78 Å². The van der Waals surface area contributed by atoms with Gasteiger partial charge in [-0.3, -0.25) is 9.89 Å². The van der Waals surface area contributed by atoms with Crippen LogP contribution in [0.2, 0.25) is 0 Å². The van der Waals surface area contributed by atoms with Crippen molar-refractivity contribution in [1.29, 1.82) is 0 Å². The van der Waals surface area contributed by atoms with E-state index < -0.39 is 0 Å². The predicted octanol–water partition coefficient (Wildman–Crippen LogP) is 6.37. The third-order valence-electron chi connectivity index (χ3n) is 5.74. The topological polar surface area (TPSA) is 78.9 Å². The maximum absolute atomic E-state index is 12.4. The SMILES string of the molecule is CCCCCCC(O)CCCCCCCCCCC(=O)c1cccc2[nH]nnc12. The zero-order chi connectivity index (χ0) is 20.7. The van der Waals surface area contributed by atoms with Crippen LogP contribution in [-0.2, 0) is 0 Å². The summed E-state index contributed by atoms with van der Waals surface area (Å²) in [5.41, 5.74) is 2.19. The number of ketones is 1. The van der Waals surface area contributed by atoms with Gasteiger partial charge in [-0.25, -0.2) is 0 Å². The molecular weight excluding hydrogens is 362 g/mol. The zero-order valence-corrected chi connectivity index (χ0v) is 18.2. The van der Waals surface area contributed by atoms with Crippen LogP contribution in [0.5, 0.6) is 0 Å². The second-order valence-electron chi connectivity index (χ2n) is 8.31. The summed E-state index contributed by atoms with van der Waals surface area (Å²) < 4.78 is 0. The summed E-state index contributed by atoms with van der Waals surface area (Å²) in [6.45, 7) is 2.22. The van der Waals surface area contributed by atoms with E-state index in [9.17, 15) is 9.90 Å². The third kappa shape index (κ3) is 9.07. The van der Waals surface area contributed by atoms with E-state index in [0.717, 1.165) is 37.6 Å². The molecule has 1 heterocycles. The van der Waals surface area contributed by atoms with Crippen molar-refractivity contribution in [3.05, 3.63) is 23.8 Å².